The molecule has 0 saturated carbocycles. The minimum atomic E-state index is -0.259. The van der Waals surface area contributed by atoms with Crippen LogP contribution in [0, 0.1) is 0 Å². The Hall–Kier alpha value is -1.60. The smallest absolute Gasteiger partial charge is 0.256 e. The number of rotatable bonds is 7. The van der Waals surface area contributed by atoms with Gasteiger partial charge in [-0.25, -0.2) is 0 Å². The molecule has 1 aromatic rings. The average Bonchev–Trinajstić information content (AvgIpc) is 2.80. The fourth-order valence-electron chi connectivity index (χ4n) is 1.86. The maximum atomic E-state index is 12.1. The molecule has 0 spiro atoms. The Morgan fingerprint density at radius 2 is 1.86 bits per heavy atom. The standard InChI is InChI=1S/C14H24N4O2S/c1-6-9(19)12-11(15)10(13(20)16-2)14(21-12)18(5)8-7-17(3)4/h6-8,15H2,1-5H3,(H,16,20). The summed E-state index contributed by atoms with van der Waals surface area (Å²) in [5.41, 5.74) is 6.74. The van der Waals surface area contributed by atoms with E-state index in [0.29, 0.717) is 16.9 Å². The molecule has 0 unspecified atom stereocenters. The van der Waals surface area contributed by atoms with Crippen LogP contribution < -0.4 is 16.0 Å². The van der Waals surface area contributed by atoms with Crippen molar-refractivity contribution in [3.05, 3.63) is 10.4 Å². The highest BCUT2D eigenvalue weighted by atomic mass is 32.1. The summed E-state index contributed by atoms with van der Waals surface area (Å²) in [6.45, 7) is 3.38. The number of nitrogens with zero attached hydrogens (tertiary/aromatic N) is 2. The molecule has 0 fully saturated rings. The topological polar surface area (TPSA) is 78.7 Å². The number of hydrogen-bond acceptors (Lipinski definition) is 6. The summed E-state index contributed by atoms with van der Waals surface area (Å²) in [6, 6.07) is 0. The van der Waals surface area contributed by atoms with Crippen molar-refractivity contribution in [3.63, 3.8) is 0 Å². The van der Waals surface area contributed by atoms with Gasteiger partial charge in [0.15, 0.2) is 5.78 Å². The van der Waals surface area contributed by atoms with Crippen molar-refractivity contribution >= 4 is 33.7 Å². The van der Waals surface area contributed by atoms with Crippen molar-refractivity contribution in [3.8, 4) is 0 Å². The number of amides is 1. The van der Waals surface area contributed by atoms with E-state index >= 15 is 0 Å². The van der Waals surface area contributed by atoms with Gasteiger partial charge in [-0.05, 0) is 14.1 Å². The van der Waals surface area contributed by atoms with E-state index in [1.165, 1.54) is 11.3 Å². The van der Waals surface area contributed by atoms with Crippen molar-refractivity contribution in [1.29, 1.82) is 0 Å². The lowest BCUT2D eigenvalue weighted by atomic mass is 10.1. The Labute approximate surface area is 129 Å². The molecule has 6 nitrogen and oxygen atoms in total. The lowest BCUT2D eigenvalue weighted by Gasteiger charge is -2.21. The van der Waals surface area contributed by atoms with Gasteiger partial charge >= 0.3 is 0 Å². The van der Waals surface area contributed by atoms with E-state index in [1.54, 1.807) is 14.0 Å². The summed E-state index contributed by atoms with van der Waals surface area (Å²) in [5, 5.41) is 3.33. The Bertz CT molecular complexity index is 525. The molecule has 1 heterocycles. The number of carbonyl (C=O) groups is 2. The van der Waals surface area contributed by atoms with Gasteiger partial charge in [-0.2, -0.15) is 0 Å². The second-order valence-electron chi connectivity index (χ2n) is 5.11. The average molecular weight is 312 g/mol. The Balaban J connectivity index is 3.22. The van der Waals surface area contributed by atoms with E-state index < -0.39 is 0 Å². The Morgan fingerprint density at radius 1 is 1.24 bits per heavy atom. The molecular weight excluding hydrogens is 288 g/mol. The van der Waals surface area contributed by atoms with Crippen LogP contribution >= 0.6 is 11.3 Å². The van der Waals surface area contributed by atoms with Crippen LogP contribution in [0.2, 0.25) is 0 Å². The largest absolute Gasteiger partial charge is 0.397 e. The van der Waals surface area contributed by atoms with Crippen LogP contribution in [-0.4, -0.2) is 57.9 Å². The zero-order valence-electron chi connectivity index (χ0n) is 13.3. The van der Waals surface area contributed by atoms with Crippen LogP contribution in [0.5, 0.6) is 0 Å². The number of ketones is 1. The molecule has 118 valence electrons. The molecule has 0 aliphatic heterocycles. The molecule has 0 atom stereocenters. The summed E-state index contributed by atoms with van der Waals surface area (Å²) in [6.07, 6.45) is 0.374. The first-order chi connectivity index (χ1) is 9.83. The molecule has 1 aromatic heterocycles. The second kappa shape index (κ2) is 7.42. The van der Waals surface area contributed by atoms with Crippen molar-refractivity contribution in [2.45, 2.75) is 13.3 Å². The summed E-state index contributed by atoms with van der Waals surface area (Å²) in [7, 11) is 7.44. The van der Waals surface area contributed by atoms with Gasteiger partial charge in [0.1, 0.15) is 5.00 Å². The molecular formula is C14H24N4O2S. The fraction of sp³-hybridized carbons (Fsp3) is 0.571. The first-order valence-electron chi connectivity index (χ1n) is 6.86. The number of likely N-dealkylation sites (N-methyl/N-ethyl adjacent to an activating group) is 2. The third-order valence-corrected chi connectivity index (χ3v) is 4.55. The van der Waals surface area contributed by atoms with Crippen LogP contribution in [0.15, 0.2) is 0 Å². The van der Waals surface area contributed by atoms with E-state index in [4.69, 9.17) is 5.73 Å². The molecule has 0 aliphatic carbocycles. The Kier molecular flexibility index (Phi) is 6.17. The number of hydrogen-bond donors (Lipinski definition) is 2. The maximum Gasteiger partial charge on any atom is 0.256 e. The molecule has 7 heteroatoms. The molecule has 0 bridgehead atoms. The first-order valence-corrected chi connectivity index (χ1v) is 7.68. The fourth-order valence-corrected chi connectivity index (χ4v) is 3.08. The monoisotopic (exact) mass is 312 g/mol. The van der Waals surface area contributed by atoms with Gasteiger partial charge in [0, 0.05) is 33.6 Å². The van der Waals surface area contributed by atoms with Crippen LogP contribution in [0.3, 0.4) is 0 Å². The SMILES string of the molecule is CCC(=O)c1sc(N(C)CCN(C)C)c(C(=O)NC)c1N. The van der Waals surface area contributed by atoms with Gasteiger partial charge in [-0.15, -0.1) is 11.3 Å². The zero-order chi connectivity index (χ0) is 16.2. The highest BCUT2D eigenvalue weighted by Crippen LogP contribution is 2.38. The van der Waals surface area contributed by atoms with Crippen molar-refractivity contribution in [2.75, 3.05) is 51.9 Å². The highest BCUT2D eigenvalue weighted by molar-refractivity contribution is 7.19. The van der Waals surface area contributed by atoms with E-state index in [-0.39, 0.29) is 17.4 Å². The van der Waals surface area contributed by atoms with Gasteiger partial charge in [-0.3, -0.25) is 9.59 Å². The third-order valence-electron chi connectivity index (χ3n) is 3.18. The lowest BCUT2D eigenvalue weighted by Crippen LogP contribution is -2.30. The minimum absolute atomic E-state index is 0.0325. The Morgan fingerprint density at radius 3 is 2.33 bits per heavy atom. The van der Waals surface area contributed by atoms with E-state index in [9.17, 15) is 9.59 Å². The van der Waals surface area contributed by atoms with Crippen LogP contribution in [0.1, 0.15) is 33.4 Å². The maximum absolute atomic E-state index is 12.1. The van der Waals surface area contributed by atoms with E-state index in [1.807, 2.05) is 26.0 Å². The summed E-state index contributed by atoms with van der Waals surface area (Å²) in [5.74, 6) is -0.291. The van der Waals surface area contributed by atoms with E-state index in [2.05, 4.69) is 10.2 Å². The number of nitrogens with two attached hydrogens (primary N) is 1. The number of thiophene rings is 1. The summed E-state index contributed by atoms with van der Waals surface area (Å²) in [4.78, 5) is 28.6. The predicted molar refractivity (Wildman–Crippen MR) is 88.6 cm³/mol. The number of nitrogen functional groups attached to an aromatic ring is 1. The molecule has 0 aliphatic rings. The zero-order valence-corrected chi connectivity index (χ0v) is 14.1. The third kappa shape index (κ3) is 3.95. The number of carbonyl (C=O) groups excluding carboxylic acids is 2. The first kappa shape index (κ1) is 17.5. The van der Waals surface area contributed by atoms with Gasteiger partial charge < -0.3 is 20.9 Å². The van der Waals surface area contributed by atoms with Crippen LogP contribution in [0.4, 0.5) is 10.7 Å². The number of anilines is 2. The molecule has 1 amide bonds. The summed E-state index contributed by atoms with van der Waals surface area (Å²) >= 11 is 1.29. The quantitative estimate of drug-likeness (QED) is 0.742. The van der Waals surface area contributed by atoms with Crippen LogP contribution in [0.25, 0.3) is 0 Å². The van der Waals surface area contributed by atoms with Gasteiger partial charge in [-0.1, -0.05) is 6.92 Å². The number of Topliss-reactive ketones (excluding diaryl/α,β-unsaturated/α-hetero) is 1. The molecule has 1 rings (SSSR count). The molecule has 0 saturated heterocycles. The van der Waals surface area contributed by atoms with E-state index in [0.717, 1.165) is 18.1 Å². The van der Waals surface area contributed by atoms with Crippen molar-refractivity contribution in [1.82, 2.24) is 10.2 Å². The molecule has 0 radical (unpaired) electrons. The summed E-state index contributed by atoms with van der Waals surface area (Å²) < 4.78 is 0. The second-order valence-corrected chi connectivity index (χ2v) is 6.10. The molecule has 21 heavy (non-hydrogen) atoms. The molecule has 0 aromatic carbocycles. The lowest BCUT2D eigenvalue weighted by molar-refractivity contribution is 0.0964. The van der Waals surface area contributed by atoms with Gasteiger partial charge in [0.05, 0.1) is 16.1 Å². The predicted octanol–water partition coefficient (Wildman–Crippen LogP) is 1.28. The van der Waals surface area contributed by atoms with Gasteiger partial charge in [0.25, 0.3) is 5.91 Å². The normalized spacial score (nSPS) is 10.8. The van der Waals surface area contributed by atoms with Gasteiger partial charge in [0.2, 0.25) is 0 Å². The van der Waals surface area contributed by atoms with Crippen molar-refractivity contribution < 1.29 is 9.59 Å². The van der Waals surface area contributed by atoms with Crippen LogP contribution in [-0.2, 0) is 0 Å². The highest BCUT2D eigenvalue weighted by Gasteiger charge is 2.26. The number of nitrogens with one attached hydrogen (secondary N) is 1. The molecule has 3 N–H and O–H groups in total. The van der Waals surface area contributed by atoms with Crippen molar-refractivity contribution in [2.24, 2.45) is 0 Å². The minimum Gasteiger partial charge on any atom is -0.397 e.